The number of hydrogen-bond donors (Lipinski definition) is 1. The van der Waals surface area contributed by atoms with Gasteiger partial charge in [0.2, 0.25) is 11.8 Å². The Balaban J connectivity index is 2.11. The van der Waals surface area contributed by atoms with Crippen LogP contribution in [0.2, 0.25) is 15.1 Å². The molecular formula is C21H23Cl3N2O2S. The van der Waals surface area contributed by atoms with E-state index in [0.717, 1.165) is 11.1 Å². The van der Waals surface area contributed by atoms with Crippen LogP contribution >= 0.6 is 46.6 Å². The molecule has 2 aromatic rings. The van der Waals surface area contributed by atoms with Crippen LogP contribution < -0.4 is 5.32 Å². The Bertz CT molecular complexity index is 864. The molecule has 156 valence electrons. The molecule has 0 spiro atoms. The van der Waals surface area contributed by atoms with Crippen molar-refractivity contribution in [2.24, 2.45) is 0 Å². The minimum absolute atomic E-state index is 0.146. The summed E-state index contributed by atoms with van der Waals surface area (Å²) in [4.78, 5) is 26.9. The van der Waals surface area contributed by atoms with E-state index in [2.05, 4.69) is 5.32 Å². The minimum atomic E-state index is -0.630. The fourth-order valence-corrected chi connectivity index (χ4v) is 4.35. The number of thioether (sulfide) groups is 1. The highest BCUT2D eigenvalue weighted by molar-refractivity contribution is 7.99. The predicted octanol–water partition coefficient (Wildman–Crippen LogP) is 5.43. The highest BCUT2D eigenvalue weighted by Crippen LogP contribution is 2.25. The van der Waals surface area contributed by atoms with E-state index < -0.39 is 6.04 Å². The average molecular weight is 474 g/mol. The molecule has 2 amide bonds. The lowest BCUT2D eigenvalue weighted by molar-refractivity contribution is -0.138. The van der Waals surface area contributed by atoms with Crippen LogP contribution in [0.15, 0.2) is 42.5 Å². The number of benzene rings is 2. The minimum Gasteiger partial charge on any atom is -0.355 e. The first-order valence-corrected chi connectivity index (χ1v) is 11.4. The molecule has 0 aliphatic carbocycles. The fraction of sp³-hybridized carbons (Fsp3) is 0.333. The van der Waals surface area contributed by atoms with Crippen molar-refractivity contribution in [3.8, 4) is 0 Å². The molecule has 0 radical (unpaired) electrons. The molecule has 2 aromatic carbocycles. The molecule has 0 aliphatic heterocycles. The van der Waals surface area contributed by atoms with Gasteiger partial charge in [-0.15, -0.1) is 11.8 Å². The molecule has 0 aromatic heterocycles. The van der Waals surface area contributed by atoms with Crippen LogP contribution in [0.5, 0.6) is 0 Å². The van der Waals surface area contributed by atoms with Gasteiger partial charge >= 0.3 is 0 Å². The molecular weight excluding hydrogens is 451 g/mol. The Morgan fingerprint density at radius 1 is 1.07 bits per heavy atom. The lowest BCUT2D eigenvalue weighted by atomic mass is 10.1. The molecule has 0 aliphatic rings. The zero-order valence-electron chi connectivity index (χ0n) is 16.3. The van der Waals surface area contributed by atoms with E-state index in [1.807, 2.05) is 31.2 Å². The summed E-state index contributed by atoms with van der Waals surface area (Å²) in [5.41, 5.74) is 1.70. The maximum absolute atomic E-state index is 13.0. The van der Waals surface area contributed by atoms with Gasteiger partial charge in [-0.1, -0.05) is 59.1 Å². The Morgan fingerprint density at radius 3 is 2.45 bits per heavy atom. The Kier molecular flexibility index (Phi) is 9.63. The molecule has 4 nitrogen and oxygen atoms in total. The van der Waals surface area contributed by atoms with Gasteiger partial charge in [0.25, 0.3) is 0 Å². The second-order valence-corrected chi connectivity index (χ2v) is 8.65. The van der Waals surface area contributed by atoms with Crippen molar-refractivity contribution in [3.05, 3.63) is 68.7 Å². The van der Waals surface area contributed by atoms with Crippen LogP contribution in [0.4, 0.5) is 0 Å². The predicted molar refractivity (Wildman–Crippen MR) is 123 cm³/mol. The monoisotopic (exact) mass is 472 g/mol. The Morgan fingerprint density at radius 2 is 1.79 bits per heavy atom. The van der Waals surface area contributed by atoms with Crippen LogP contribution in [-0.4, -0.2) is 35.1 Å². The van der Waals surface area contributed by atoms with E-state index in [1.54, 1.807) is 30.0 Å². The van der Waals surface area contributed by atoms with Crippen molar-refractivity contribution in [1.82, 2.24) is 10.2 Å². The van der Waals surface area contributed by atoms with E-state index in [4.69, 9.17) is 34.8 Å². The third kappa shape index (κ3) is 7.10. The van der Waals surface area contributed by atoms with E-state index in [1.165, 1.54) is 11.8 Å². The van der Waals surface area contributed by atoms with Crippen LogP contribution in [0, 0.1) is 0 Å². The number of carbonyl (C=O) groups is 2. The third-order valence-corrected chi connectivity index (χ3v) is 6.24. The maximum Gasteiger partial charge on any atom is 0.242 e. The second-order valence-electron chi connectivity index (χ2n) is 6.41. The maximum atomic E-state index is 13.0. The van der Waals surface area contributed by atoms with Gasteiger partial charge in [0.05, 0.1) is 5.75 Å². The normalized spacial score (nSPS) is 11.8. The fourth-order valence-electron chi connectivity index (χ4n) is 2.68. The molecule has 8 heteroatoms. The molecule has 1 N–H and O–H groups in total. The van der Waals surface area contributed by atoms with Crippen molar-refractivity contribution >= 4 is 58.4 Å². The molecule has 0 heterocycles. The zero-order valence-corrected chi connectivity index (χ0v) is 19.3. The number of rotatable bonds is 9. The van der Waals surface area contributed by atoms with Gasteiger partial charge in [-0.2, -0.15) is 0 Å². The van der Waals surface area contributed by atoms with Crippen molar-refractivity contribution in [2.45, 2.75) is 32.2 Å². The summed E-state index contributed by atoms with van der Waals surface area (Å²) in [6.45, 7) is 4.27. The summed E-state index contributed by atoms with van der Waals surface area (Å²) in [6.07, 6.45) is 0. The molecule has 1 atom stereocenters. The summed E-state index contributed by atoms with van der Waals surface area (Å²) in [7, 11) is 0. The summed E-state index contributed by atoms with van der Waals surface area (Å²) >= 11 is 19.9. The van der Waals surface area contributed by atoms with Crippen molar-refractivity contribution in [1.29, 1.82) is 0 Å². The molecule has 0 saturated carbocycles. The summed E-state index contributed by atoms with van der Waals surface area (Å²) in [6, 6.07) is 12.0. The largest absolute Gasteiger partial charge is 0.355 e. The van der Waals surface area contributed by atoms with Gasteiger partial charge in [-0.25, -0.2) is 0 Å². The first-order valence-electron chi connectivity index (χ1n) is 9.15. The van der Waals surface area contributed by atoms with Crippen molar-refractivity contribution in [3.63, 3.8) is 0 Å². The number of halogens is 3. The topological polar surface area (TPSA) is 49.4 Å². The van der Waals surface area contributed by atoms with Gasteiger partial charge in [0.15, 0.2) is 0 Å². The van der Waals surface area contributed by atoms with E-state index in [0.29, 0.717) is 27.4 Å². The molecule has 0 fully saturated rings. The van der Waals surface area contributed by atoms with Gasteiger partial charge in [-0.05, 0) is 43.2 Å². The standard InChI is InChI=1S/C21H23Cl3N2O2S/c1-3-25-21(28)14(2)26(11-15-8-9-17(22)10-19(15)24)20(27)13-29-12-16-6-4-5-7-18(16)23/h4-10,14H,3,11-13H2,1-2H3,(H,25,28)/t14-/m0/s1. The number of nitrogens with zero attached hydrogens (tertiary/aromatic N) is 1. The highest BCUT2D eigenvalue weighted by atomic mass is 35.5. The SMILES string of the molecule is CCNC(=O)[C@H](C)N(Cc1ccc(Cl)cc1Cl)C(=O)CSCc1ccccc1Cl. The lowest BCUT2D eigenvalue weighted by Crippen LogP contribution is -2.48. The van der Waals surface area contributed by atoms with E-state index in [-0.39, 0.29) is 24.1 Å². The average Bonchev–Trinajstić information content (AvgIpc) is 2.68. The smallest absolute Gasteiger partial charge is 0.242 e. The second kappa shape index (κ2) is 11.7. The first kappa shape index (κ1) is 23.9. The number of carbonyl (C=O) groups excluding carboxylic acids is 2. The van der Waals surface area contributed by atoms with Gasteiger partial charge in [0.1, 0.15) is 6.04 Å². The molecule has 0 bridgehead atoms. The van der Waals surface area contributed by atoms with Crippen molar-refractivity contribution in [2.75, 3.05) is 12.3 Å². The lowest BCUT2D eigenvalue weighted by Gasteiger charge is -2.29. The number of amides is 2. The molecule has 0 saturated heterocycles. The molecule has 2 rings (SSSR count). The highest BCUT2D eigenvalue weighted by Gasteiger charge is 2.26. The van der Waals surface area contributed by atoms with E-state index in [9.17, 15) is 9.59 Å². The van der Waals surface area contributed by atoms with Gasteiger partial charge in [-0.3, -0.25) is 9.59 Å². The zero-order chi connectivity index (χ0) is 21.4. The van der Waals surface area contributed by atoms with Crippen LogP contribution in [0.25, 0.3) is 0 Å². The Hall–Kier alpha value is -1.40. The number of hydrogen-bond acceptors (Lipinski definition) is 3. The van der Waals surface area contributed by atoms with Gasteiger partial charge in [0, 0.05) is 33.9 Å². The van der Waals surface area contributed by atoms with E-state index >= 15 is 0 Å². The van der Waals surface area contributed by atoms with Crippen molar-refractivity contribution < 1.29 is 9.59 Å². The first-order chi connectivity index (χ1) is 13.8. The number of nitrogens with one attached hydrogen (secondary N) is 1. The van der Waals surface area contributed by atoms with Crippen LogP contribution in [0.3, 0.4) is 0 Å². The molecule has 29 heavy (non-hydrogen) atoms. The van der Waals surface area contributed by atoms with Crippen LogP contribution in [0.1, 0.15) is 25.0 Å². The number of likely N-dealkylation sites (N-methyl/N-ethyl adjacent to an activating group) is 1. The molecule has 0 unspecified atom stereocenters. The third-order valence-electron chi connectivity index (χ3n) is 4.32. The quantitative estimate of drug-likeness (QED) is 0.528. The summed E-state index contributed by atoms with van der Waals surface area (Å²) < 4.78 is 0. The van der Waals surface area contributed by atoms with Gasteiger partial charge < -0.3 is 10.2 Å². The Labute approximate surface area is 190 Å². The summed E-state index contributed by atoms with van der Waals surface area (Å²) in [5.74, 6) is 0.477. The summed E-state index contributed by atoms with van der Waals surface area (Å²) in [5, 5.41) is 4.42. The van der Waals surface area contributed by atoms with Crippen LogP contribution in [-0.2, 0) is 21.9 Å².